The van der Waals surface area contributed by atoms with Crippen molar-refractivity contribution in [2.75, 3.05) is 23.3 Å². The molecule has 11 heteroatoms. The smallest absolute Gasteiger partial charge is 0.302 e. The van der Waals surface area contributed by atoms with Crippen LogP contribution in [0.25, 0.3) is 0 Å². The van der Waals surface area contributed by atoms with Crippen molar-refractivity contribution in [3.05, 3.63) is 49.8 Å². The number of nitrogens with zero attached hydrogens (tertiary/aromatic N) is 5. The molecule has 0 saturated carbocycles. The van der Waals surface area contributed by atoms with E-state index in [1.54, 1.807) is 10.9 Å². The van der Waals surface area contributed by atoms with Crippen molar-refractivity contribution in [1.82, 2.24) is 9.78 Å². The van der Waals surface area contributed by atoms with Gasteiger partial charge in [0, 0.05) is 44.0 Å². The lowest BCUT2D eigenvalue weighted by Gasteiger charge is -2.34. The van der Waals surface area contributed by atoms with Crippen LogP contribution in [0.5, 0.6) is 0 Å². The van der Waals surface area contributed by atoms with Crippen LogP contribution in [-0.2, 0) is 13.7 Å². The minimum atomic E-state index is -0.657. The third kappa shape index (κ3) is 3.74. The highest BCUT2D eigenvalue weighted by molar-refractivity contribution is 5.78. The van der Waals surface area contributed by atoms with E-state index in [4.69, 9.17) is 0 Å². The first-order chi connectivity index (χ1) is 13.3. The van der Waals surface area contributed by atoms with E-state index in [0.717, 1.165) is 25.1 Å². The van der Waals surface area contributed by atoms with E-state index in [0.29, 0.717) is 6.54 Å². The normalized spacial score (nSPS) is 16.8. The molecule has 1 aliphatic heterocycles. The third-order valence-electron chi connectivity index (χ3n) is 5.02. The van der Waals surface area contributed by atoms with Crippen molar-refractivity contribution in [1.29, 1.82) is 0 Å². The number of nitro benzene ring substituents is 2. The lowest BCUT2D eigenvalue weighted by atomic mass is 10.0. The number of rotatable bonds is 6. The van der Waals surface area contributed by atoms with E-state index in [-0.39, 0.29) is 28.5 Å². The van der Waals surface area contributed by atoms with Gasteiger partial charge in [0.1, 0.15) is 0 Å². The van der Waals surface area contributed by atoms with E-state index >= 15 is 0 Å². The van der Waals surface area contributed by atoms with Crippen molar-refractivity contribution in [2.45, 2.75) is 32.4 Å². The Labute approximate surface area is 160 Å². The van der Waals surface area contributed by atoms with Gasteiger partial charge >= 0.3 is 5.69 Å². The molecule has 2 aromatic rings. The Balaban J connectivity index is 1.95. The highest BCUT2D eigenvalue weighted by Crippen LogP contribution is 2.40. The van der Waals surface area contributed by atoms with E-state index in [1.807, 2.05) is 13.2 Å². The van der Waals surface area contributed by atoms with Gasteiger partial charge in [-0.2, -0.15) is 5.10 Å². The predicted molar refractivity (Wildman–Crippen MR) is 102 cm³/mol. The molecule has 0 radical (unpaired) electrons. The van der Waals surface area contributed by atoms with Crippen molar-refractivity contribution in [3.63, 3.8) is 0 Å². The summed E-state index contributed by atoms with van der Waals surface area (Å²) in [6.07, 6.45) is 5.19. The average molecular weight is 390 g/mol. The number of hydrogen-bond donors (Lipinski definition) is 2. The molecule has 0 spiro atoms. The largest absolute Gasteiger partial charge is 0.392 e. The summed E-state index contributed by atoms with van der Waals surface area (Å²) < 4.78 is 1.69. The average Bonchev–Trinajstić information content (AvgIpc) is 3.08. The summed E-state index contributed by atoms with van der Waals surface area (Å²) in [5, 5.41) is 39.8. The Hall–Kier alpha value is -3.21. The quantitative estimate of drug-likeness (QED) is 0.565. The van der Waals surface area contributed by atoms with Crippen LogP contribution in [-0.4, -0.2) is 43.9 Å². The van der Waals surface area contributed by atoms with Gasteiger partial charge in [-0.1, -0.05) is 0 Å². The van der Waals surface area contributed by atoms with Gasteiger partial charge in [-0.25, -0.2) is 0 Å². The van der Waals surface area contributed by atoms with Crippen molar-refractivity contribution >= 4 is 22.7 Å². The van der Waals surface area contributed by atoms with Gasteiger partial charge in [0.05, 0.1) is 28.3 Å². The molecule has 1 unspecified atom stereocenters. The van der Waals surface area contributed by atoms with Crippen LogP contribution in [0.2, 0.25) is 0 Å². The number of aliphatic hydroxyl groups excluding tert-OH is 1. The molecule has 2 N–H and O–H groups in total. The number of aryl methyl sites for hydroxylation is 1. The molecule has 3 rings (SSSR count). The van der Waals surface area contributed by atoms with Crippen molar-refractivity contribution < 1.29 is 15.0 Å². The van der Waals surface area contributed by atoms with E-state index in [2.05, 4.69) is 15.3 Å². The lowest BCUT2D eigenvalue weighted by molar-refractivity contribution is -0.392. The SMILES string of the molecule is Cc1c(CO)cc([N+](=O)[O-])c(NC2CCCN(c3cnn(C)c3)C2)c1[N+](=O)[O-]. The van der Waals surface area contributed by atoms with Crippen LogP contribution in [0.15, 0.2) is 18.5 Å². The fraction of sp³-hybridized carbons (Fsp3) is 0.471. The molecule has 0 amide bonds. The second kappa shape index (κ2) is 7.80. The summed E-state index contributed by atoms with van der Waals surface area (Å²) in [7, 11) is 1.82. The highest BCUT2D eigenvalue weighted by atomic mass is 16.6. The number of aliphatic hydroxyl groups is 1. The fourth-order valence-electron chi connectivity index (χ4n) is 3.59. The number of nitrogens with one attached hydrogen (secondary N) is 1. The molecular weight excluding hydrogens is 368 g/mol. The van der Waals surface area contributed by atoms with Crippen LogP contribution in [0.1, 0.15) is 24.0 Å². The Morgan fingerprint density at radius 3 is 2.68 bits per heavy atom. The minimum Gasteiger partial charge on any atom is -0.392 e. The Morgan fingerprint density at radius 1 is 1.36 bits per heavy atom. The minimum absolute atomic E-state index is 0.109. The summed E-state index contributed by atoms with van der Waals surface area (Å²) in [4.78, 5) is 24.0. The van der Waals surface area contributed by atoms with Gasteiger partial charge < -0.3 is 15.3 Å². The number of anilines is 2. The monoisotopic (exact) mass is 390 g/mol. The summed E-state index contributed by atoms with van der Waals surface area (Å²) in [6.45, 7) is 2.34. The summed E-state index contributed by atoms with van der Waals surface area (Å²) in [5.41, 5.74) is 0.453. The first-order valence-electron chi connectivity index (χ1n) is 8.88. The summed E-state index contributed by atoms with van der Waals surface area (Å²) in [6, 6.07) is 0.998. The van der Waals surface area contributed by atoms with Gasteiger partial charge in [0.2, 0.25) is 0 Å². The zero-order valence-corrected chi connectivity index (χ0v) is 15.7. The first-order valence-corrected chi connectivity index (χ1v) is 8.88. The molecule has 1 fully saturated rings. The van der Waals surface area contributed by atoms with E-state index in [1.165, 1.54) is 13.0 Å². The molecule has 1 aromatic carbocycles. The molecule has 11 nitrogen and oxygen atoms in total. The fourth-order valence-corrected chi connectivity index (χ4v) is 3.59. The van der Waals surface area contributed by atoms with Crippen LogP contribution in [0.4, 0.5) is 22.7 Å². The zero-order valence-electron chi connectivity index (χ0n) is 15.7. The predicted octanol–water partition coefficient (Wildman–Crippen LogP) is 2.12. The standard InChI is InChI=1S/C17H22N6O5/c1-11-12(10-24)6-15(22(25)26)16(17(11)23(27)28)19-13-4-3-5-21(8-13)14-7-18-20(2)9-14/h6-7,9,13,19,24H,3-5,8,10H2,1-2H3. The molecule has 1 atom stereocenters. The molecule has 28 heavy (non-hydrogen) atoms. The number of nitro groups is 2. The number of aromatic nitrogens is 2. The number of benzene rings is 1. The van der Waals surface area contributed by atoms with Crippen molar-refractivity contribution in [3.8, 4) is 0 Å². The molecule has 2 heterocycles. The van der Waals surface area contributed by atoms with Crippen LogP contribution in [0.3, 0.4) is 0 Å². The van der Waals surface area contributed by atoms with Gasteiger partial charge in [-0.15, -0.1) is 0 Å². The second-order valence-corrected chi connectivity index (χ2v) is 6.88. The number of piperidine rings is 1. The molecule has 1 saturated heterocycles. The van der Waals surface area contributed by atoms with E-state index < -0.39 is 22.1 Å². The Kier molecular flexibility index (Phi) is 5.45. The molecule has 0 aliphatic carbocycles. The number of hydrogen-bond acceptors (Lipinski definition) is 8. The topological polar surface area (TPSA) is 140 Å². The summed E-state index contributed by atoms with van der Waals surface area (Å²) >= 11 is 0. The molecule has 150 valence electrons. The zero-order chi connectivity index (χ0) is 20.4. The Morgan fingerprint density at radius 2 is 2.11 bits per heavy atom. The third-order valence-corrected chi connectivity index (χ3v) is 5.02. The molecule has 1 aliphatic rings. The van der Waals surface area contributed by atoms with E-state index in [9.17, 15) is 25.3 Å². The van der Waals surface area contributed by atoms with Crippen LogP contribution in [0, 0.1) is 27.2 Å². The maximum Gasteiger partial charge on any atom is 0.302 e. The van der Waals surface area contributed by atoms with Gasteiger partial charge in [-0.05, 0) is 25.3 Å². The molecule has 0 bridgehead atoms. The van der Waals surface area contributed by atoms with Gasteiger partial charge in [0.25, 0.3) is 5.69 Å². The van der Waals surface area contributed by atoms with Crippen molar-refractivity contribution in [2.24, 2.45) is 7.05 Å². The Bertz CT molecular complexity index is 912. The van der Waals surface area contributed by atoms with Crippen LogP contribution < -0.4 is 10.2 Å². The first kappa shape index (κ1) is 19.5. The van der Waals surface area contributed by atoms with Gasteiger partial charge in [0.15, 0.2) is 5.69 Å². The van der Waals surface area contributed by atoms with Crippen LogP contribution >= 0.6 is 0 Å². The maximum absolute atomic E-state index is 11.7. The molecular formula is C17H22N6O5. The maximum atomic E-state index is 11.7. The molecule has 1 aromatic heterocycles. The summed E-state index contributed by atoms with van der Waals surface area (Å²) in [5.74, 6) is 0. The highest BCUT2D eigenvalue weighted by Gasteiger charge is 2.32. The van der Waals surface area contributed by atoms with Gasteiger partial charge in [-0.3, -0.25) is 24.9 Å². The lowest BCUT2D eigenvalue weighted by Crippen LogP contribution is -2.42. The second-order valence-electron chi connectivity index (χ2n) is 6.88.